The monoisotopic (exact) mass is 362 g/mol. The average molecular weight is 363 g/mol. The van der Waals surface area contributed by atoms with Crippen LogP contribution in [0.1, 0.15) is 40.0 Å². The van der Waals surface area contributed by atoms with Gasteiger partial charge in [0.2, 0.25) is 0 Å². The van der Waals surface area contributed by atoms with E-state index in [2.05, 4.69) is 20.6 Å². The molecular formula is C17H19ClN4O3. The highest BCUT2D eigenvalue weighted by atomic mass is 35.5. The Labute approximate surface area is 150 Å². The first-order valence-electron chi connectivity index (χ1n) is 7.73. The van der Waals surface area contributed by atoms with Gasteiger partial charge in [0.1, 0.15) is 17.3 Å². The normalized spacial score (nSPS) is 10.2. The number of carbonyl (C=O) groups excluding carboxylic acids is 2. The molecule has 0 unspecified atom stereocenters. The van der Waals surface area contributed by atoms with Crippen LogP contribution in [0, 0.1) is 6.92 Å². The van der Waals surface area contributed by atoms with Crippen molar-refractivity contribution >= 4 is 35.0 Å². The number of hydrogen-bond acceptors (Lipinski definition) is 6. The van der Waals surface area contributed by atoms with Crippen LogP contribution in [-0.2, 0) is 4.74 Å². The van der Waals surface area contributed by atoms with Crippen LogP contribution >= 0.6 is 11.6 Å². The standard InChI is InChI=1S/C17H19ClN4O3/c1-4-7-19-16(23)14-9-15(21-10(2)20-14)22-13-8-11(17(24)25-3)5-6-12(13)18/h5-6,8-9H,4,7H2,1-3H3,(H,19,23)(H,20,21,22). The minimum absolute atomic E-state index is 0.253. The molecule has 132 valence electrons. The summed E-state index contributed by atoms with van der Waals surface area (Å²) in [5.74, 6) is 0.0907. The van der Waals surface area contributed by atoms with Crippen LogP contribution in [0.5, 0.6) is 0 Å². The molecule has 1 aromatic carbocycles. The molecular weight excluding hydrogens is 344 g/mol. The van der Waals surface area contributed by atoms with E-state index in [-0.39, 0.29) is 11.6 Å². The number of halogens is 1. The van der Waals surface area contributed by atoms with Gasteiger partial charge >= 0.3 is 5.97 Å². The lowest BCUT2D eigenvalue weighted by molar-refractivity contribution is 0.0600. The summed E-state index contributed by atoms with van der Waals surface area (Å²) in [5.41, 5.74) is 1.08. The molecule has 0 aliphatic heterocycles. The molecule has 7 nitrogen and oxygen atoms in total. The van der Waals surface area contributed by atoms with Crippen molar-refractivity contribution in [2.24, 2.45) is 0 Å². The number of hydrogen-bond donors (Lipinski definition) is 2. The predicted molar refractivity (Wildman–Crippen MR) is 95.5 cm³/mol. The van der Waals surface area contributed by atoms with E-state index >= 15 is 0 Å². The number of aromatic nitrogens is 2. The van der Waals surface area contributed by atoms with E-state index in [1.165, 1.54) is 13.2 Å². The van der Waals surface area contributed by atoms with Crippen molar-refractivity contribution in [3.63, 3.8) is 0 Å². The molecule has 0 aliphatic rings. The third-order valence-electron chi connectivity index (χ3n) is 3.26. The van der Waals surface area contributed by atoms with Crippen molar-refractivity contribution in [1.29, 1.82) is 0 Å². The predicted octanol–water partition coefficient (Wildman–Crippen LogP) is 3.11. The van der Waals surface area contributed by atoms with Gasteiger partial charge in [-0.2, -0.15) is 0 Å². The third-order valence-corrected chi connectivity index (χ3v) is 3.59. The van der Waals surface area contributed by atoms with Gasteiger partial charge in [0.25, 0.3) is 5.91 Å². The molecule has 1 amide bonds. The van der Waals surface area contributed by atoms with E-state index in [0.717, 1.165) is 6.42 Å². The zero-order chi connectivity index (χ0) is 18.4. The van der Waals surface area contributed by atoms with E-state index < -0.39 is 5.97 Å². The highest BCUT2D eigenvalue weighted by molar-refractivity contribution is 6.33. The maximum Gasteiger partial charge on any atom is 0.337 e. The van der Waals surface area contributed by atoms with Crippen LogP contribution in [-0.4, -0.2) is 35.5 Å². The number of benzene rings is 1. The molecule has 0 aliphatic carbocycles. The van der Waals surface area contributed by atoms with Gasteiger partial charge in [-0.05, 0) is 31.5 Å². The second kappa shape index (κ2) is 8.43. The van der Waals surface area contributed by atoms with Gasteiger partial charge in [0, 0.05) is 12.6 Å². The lowest BCUT2D eigenvalue weighted by atomic mass is 10.2. The first-order valence-corrected chi connectivity index (χ1v) is 8.11. The summed E-state index contributed by atoms with van der Waals surface area (Å²) >= 11 is 6.17. The summed E-state index contributed by atoms with van der Waals surface area (Å²) in [4.78, 5) is 32.1. The highest BCUT2D eigenvalue weighted by Gasteiger charge is 2.13. The second-order valence-electron chi connectivity index (χ2n) is 5.25. The first-order chi connectivity index (χ1) is 11.9. The molecule has 0 bridgehead atoms. The smallest absolute Gasteiger partial charge is 0.337 e. The molecule has 0 fully saturated rings. The molecule has 25 heavy (non-hydrogen) atoms. The molecule has 0 spiro atoms. The molecule has 0 saturated carbocycles. The molecule has 8 heteroatoms. The summed E-state index contributed by atoms with van der Waals surface area (Å²) in [6, 6.07) is 6.23. The molecule has 0 atom stereocenters. The van der Waals surface area contributed by atoms with Crippen molar-refractivity contribution in [2.75, 3.05) is 19.0 Å². The van der Waals surface area contributed by atoms with Crippen LogP contribution in [0.25, 0.3) is 0 Å². The van der Waals surface area contributed by atoms with Gasteiger partial charge in [-0.15, -0.1) is 0 Å². The molecule has 2 aromatic rings. The molecule has 0 saturated heterocycles. The Morgan fingerprint density at radius 1 is 1.24 bits per heavy atom. The van der Waals surface area contributed by atoms with Crippen LogP contribution in [0.15, 0.2) is 24.3 Å². The second-order valence-corrected chi connectivity index (χ2v) is 5.66. The number of methoxy groups -OCH3 is 1. The van der Waals surface area contributed by atoms with E-state index in [1.54, 1.807) is 25.1 Å². The first kappa shape index (κ1) is 18.7. The minimum atomic E-state index is -0.474. The number of aryl methyl sites for hydroxylation is 1. The zero-order valence-corrected chi connectivity index (χ0v) is 15.0. The minimum Gasteiger partial charge on any atom is -0.465 e. The van der Waals surface area contributed by atoms with Crippen molar-refractivity contribution in [1.82, 2.24) is 15.3 Å². The summed E-state index contributed by atoms with van der Waals surface area (Å²) < 4.78 is 4.70. The number of esters is 1. The summed E-state index contributed by atoms with van der Waals surface area (Å²) in [5, 5.41) is 6.18. The zero-order valence-electron chi connectivity index (χ0n) is 14.2. The largest absolute Gasteiger partial charge is 0.465 e. The fraction of sp³-hybridized carbons (Fsp3) is 0.294. The van der Waals surface area contributed by atoms with E-state index in [1.807, 2.05) is 6.92 Å². The third kappa shape index (κ3) is 4.90. The number of ether oxygens (including phenoxy) is 1. The maximum atomic E-state index is 12.1. The summed E-state index contributed by atoms with van der Waals surface area (Å²) in [7, 11) is 1.30. The van der Waals surface area contributed by atoms with Crippen LogP contribution in [0.4, 0.5) is 11.5 Å². The summed E-state index contributed by atoms with van der Waals surface area (Å²) in [6.45, 7) is 4.22. The fourth-order valence-electron chi connectivity index (χ4n) is 2.08. The van der Waals surface area contributed by atoms with Crippen molar-refractivity contribution in [2.45, 2.75) is 20.3 Å². The van der Waals surface area contributed by atoms with Gasteiger partial charge in [-0.1, -0.05) is 18.5 Å². The Kier molecular flexibility index (Phi) is 6.30. The van der Waals surface area contributed by atoms with Crippen LogP contribution < -0.4 is 10.6 Å². The molecule has 2 N–H and O–H groups in total. The van der Waals surface area contributed by atoms with Gasteiger partial charge < -0.3 is 15.4 Å². The topological polar surface area (TPSA) is 93.2 Å². The molecule has 1 heterocycles. The Morgan fingerprint density at radius 2 is 2.00 bits per heavy atom. The Morgan fingerprint density at radius 3 is 2.68 bits per heavy atom. The van der Waals surface area contributed by atoms with E-state index in [0.29, 0.717) is 34.5 Å². The maximum absolute atomic E-state index is 12.1. The van der Waals surface area contributed by atoms with Gasteiger partial charge in [-0.25, -0.2) is 14.8 Å². The number of nitrogens with one attached hydrogen (secondary N) is 2. The molecule has 1 aromatic heterocycles. The van der Waals surface area contributed by atoms with E-state index in [9.17, 15) is 9.59 Å². The van der Waals surface area contributed by atoms with Crippen molar-refractivity contribution in [3.05, 3.63) is 46.4 Å². The number of amides is 1. The molecule has 0 radical (unpaired) electrons. The quantitative estimate of drug-likeness (QED) is 0.767. The fourth-order valence-corrected chi connectivity index (χ4v) is 2.25. The lowest BCUT2D eigenvalue weighted by Gasteiger charge is -2.11. The SMILES string of the molecule is CCCNC(=O)c1cc(Nc2cc(C(=O)OC)ccc2Cl)nc(C)n1. The Balaban J connectivity index is 2.29. The summed E-state index contributed by atoms with van der Waals surface area (Å²) in [6.07, 6.45) is 0.830. The van der Waals surface area contributed by atoms with Gasteiger partial charge in [-0.3, -0.25) is 4.79 Å². The van der Waals surface area contributed by atoms with Crippen LogP contribution in [0.3, 0.4) is 0 Å². The Bertz CT molecular complexity index is 795. The number of anilines is 2. The Hall–Kier alpha value is -2.67. The van der Waals surface area contributed by atoms with Crippen LogP contribution in [0.2, 0.25) is 5.02 Å². The average Bonchev–Trinajstić information content (AvgIpc) is 2.60. The van der Waals surface area contributed by atoms with Gasteiger partial charge in [0.05, 0.1) is 23.4 Å². The highest BCUT2D eigenvalue weighted by Crippen LogP contribution is 2.26. The number of rotatable bonds is 6. The number of nitrogens with zero attached hydrogens (tertiary/aromatic N) is 2. The lowest BCUT2D eigenvalue weighted by Crippen LogP contribution is -2.25. The van der Waals surface area contributed by atoms with Gasteiger partial charge in [0.15, 0.2) is 0 Å². The molecule has 2 rings (SSSR count). The van der Waals surface area contributed by atoms with Crippen molar-refractivity contribution in [3.8, 4) is 0 Å². The van der Waals surface area contributed by atoms with E-state index in [4.69, 9.17) is 16.3 Å². The number of carbonyl (C=O) groups is 2. The van der Waals surface area contributed by atoms with Crippen molar-refractivity contribution < 1.29 is 14.3 Å².